The lowest BCUT2D eigenvalue weighted by atomic mass is 10.1. The second-order valence-corrected chi connectivity index (χ2v) is 9.43. The molecular weight excluding hydrogens is 448 g/mol. The Morgan fingerprint density at radius 1 is 0.882 bits per heavy atom. The van der Waals surface area contributed by atoms with Gasteiger partial charge in [0.2, 0.25) is 5.91 Å². The molecule has 3 aromatic carbocycles. The van der Waals surface area contributed by atoms with E-state index in [1.165, 1.54) is 0 Å². The minimum absolute atomic E-state index is 0.0554. The van der Waals surface area contributed by atoms with E-state index in [4.69, 9.17) is 4.74 Å². The molecule has 0 bridgehead atoms. The number of likely N-dealkylation sites (tertiary alicyclic amines) is 1. The van der Waals surface area contributed by atoms with Gasteiger partial charge in [0.05, 0.1) is 17.3 Å². The van der Waals surface area contributed by atoms with E-state index in [1.54, 1.807) is 21.6 Å². The van der Waals surface area contributed by atoms with Gasteiger partial charge in [-0.3, -0.25) is 19.3 Å². The minimum Gasteiger partial charge on any atom is -0.455 e. The highest BCUT2D eigenvalue weighted by atomic mass is 32.2. The second kappa shape index (κ2) is 9.73. The van der Waals surface area contributed by atoms with E-state index < -0.39 is 11.9 Å². The quantitative estimate of drug-likeness (QED) is 0.496. The molecule has 6 nitrogen and oxygen atoms in total. The third-order valence-corrected chi connectivity index (χ3v) is 7.21. The number of anilines is 2. The van der Waals surface area contributed by atoms with Crippen molar-refractivity contribution in [2.45, 2.75) is 22.6 Å². The summed E-state index contributed by atoms with van der Waals surface area (Å²) in [4.78, 5) is 43.6. The first-order valence-corrected chi connectivity index (χ1v) is 12.1. The number of benzene rings is 3. The number of hydrogen-bond donors (Lipinski definition) is 0. The van der Waals surface area contributed by atoms with E-state index in [1.807, 2.05) is 78.9 Å². The fourth-order valence-corrected chi connectivity index (χ4v) is 5.40. The molecule has 0 spiro atoms. The summed E-state index contributed by atoms with van der Waals surface area (Å²) in [6, 6.07) is 25.3. The van der Waals surface area contributed by atoms with Gasteiger partial charge in [-0.25, -0.2) is 0 Å². The first-order chi connectivity index (χ1) is 16.6. The predicted molar refractivity (Wildman–Crippen MR) is 130 cm³/mol. The fourth-order valence-electron chi connectivity index (χ4n) is 4.34. The number of rotatable bonds is 6. The Hall–Kier alpha value is -3.58. The third-order valence-electron chi connectivity index (χ3n) is 6.08. The highest BCUT2D eigenvalue weighted by Gasteiger charge is 2.36. The van der Waals surface area contributed by atoms with Crippen molar-refractivity contribution in [3.05, 3.63) is 84.4 Å². The molecule has 0 saturated carbocycles. The van der Waals surface area contributed by atoms with Crippen LogP contribution in [0.5, 0.6) is 0 Å². The van der Waals surface area contributed by atoms with Gasteiger partial charge < -0.3 is 9.64 Å². The molecule has 172 valence electrons. The highest BCUT2D eigenvalue weighted by molar-refractivity contribution is 7.99. The van der Waals surface area contributed by atoms with Crippen LogP contribution in [-0.4, -0.2) is 42.4 Å². The van der Waals surface area contributed by atoms with Crippen LogP contribution in [0.25, 0.3) is 0 Å². The molecule has 2 amide bonds. The number of para-hydroxylation sites is 2. The summed E-state index contributed by atoms with van der Waals surface area (Å²) in [6.45, 7) is 0.510. The second-order valence-electron chi connectivity index (χ2n) is 8.35. The van der Waals surface area contributed by atoms with Crippen molar-refractivity contribution in [2.24, 2.45) is 5.92 Å². The molecule has 3 aromatic rings. The van der Waals surface area contributed by atoms with Gasteiger partial charge in [-0.15, -0.1) is 0 Å². The van der Waals surface area contributed by atoms with Crippen LogP contribution >= 0.6 is 11.8 Å². The van der Waals surface area contributed by atoms with Crippen LogP contribution in [0.15, 0.2) is 88.7 Å². The Balaban J connectivity index is 1.21. The standard InChI is InChI=1S/C27H24N2O4S/c30-25-16-20(17-28(25)15-14-19-8-2-1-3-9-19)27(32)33-18-26(31)29-21-10-4-6-12-23(21)34-24-13-7-5-11-22(24)29/h1-13,20H,14-18H2/t20-/m1/s1. The Morgan fingerprint density at radius 3 is 2.18 bits per heavy atom. The van der Waals surface area contributed by atoms with Crippen LogP contribution in [0, 0.1) is 5.92 Å². The lowest BCUT2D eigenvalue weighted by Crippen LogP contribution is -2.34. The lowest BCUT2D eigenvalue weighted by molar-refractivity contribution is -0.151. The topological polar surface area (TPSA) is 66.9 Å². The lowest BCUT2D eigenvalue weighted by Gasteiger charge is -2.30. The number of ether oxygens (including phenoxy) is 1. The van der Waals surface area contributed by atoms with Gasteiger partial charge >= 0.3 is 5.97 Å². The van der Waals surface area contributed by atoms with E-state index in [0.717, 1.165) is 33.2 Å². The monoisotopic (exact) mass is 472 g/mol. The number of carbonyl (C=O) groups is 3. The maximum atomic E-state index is 13.2. The largest absolute Gasteiger partial charge is 0.455 e. The van der Waals surface area contributed by atoms with Crippen molar-refractivity contribution in [2.75, 3.05) is 24.6 Å². The summed E-state index contributed by atoms with van der Waals surface area (Å²) in [6.07, 6.45) is 0.854. The minimum atomic E-state index is -0.549. The molecule has 1 atom stereocenters. The molecule has 0 unspecified atom stereocenters. The predicted octanol–water partition coefficient (Wildman–Crippen LogP) is 4.45. The van der Waals surface area contributed by atoms with Crippen molar-refractivity contribution in [1.29, 1.82) is 0 Å². The molecule has 7 heteroatoms. The first-order valence-electron chi connectivity index (χ1n) is 11.3. The van der Waals surface area contributed by atoms with Gasteiger partial charge in [0.25, 0.3) is 5.91 Å². The molecule has 2 aliphatic heterocycles. The molecule has 1 fully saturated rings. The van der Waals surface area contributed by atoms with E-state index >= 15 is 0 Å². The highest BCUT2D eigenvalue weighted by Crippen LogP contribution is 2.47. The van der Waals surface area contributed by atoms with Crippen LogP contribution in [0.1, 0.15) is 12.0 Å². The molecule has 34 heavy (non-hydrogen) atoms. The first kappa shape index (κ1) is 22.2. The van der Waals surface area contributed by atoms with Crippen LogP contribution in [0.2, 0.25) is 0 Å². The molecular formula is C27H24N2O4S. The smallest absolute Gasteiger partial charge is 0.311 e. The van der Waals surface area contributed by atoms with Crippen molar-refractivity contribution in [1.82, 2.24) is 4.90 Å². The molecule has 0 aromatic heterocycles. The molecule has 0 N–H and O–H groups in total. The number of carbonyl (C=O) groups excluding carboxylic acids is 3. The zero-order valence-corrected chi connectivity index (χ0v) is 19.4. The van der Waals surface area contributed by atoms with E-state index in [-0.39, 0.29) is 24.8 Å². The Kier molecular flexibility index (Phi) is 6.36. The summed E-state index contributed by atoms with van der Waals surface area (Å²) in [5, 5.41) is 0. The van der Waals surface area contributed by atoms with Gasteiger partial charge in [-0.05, 0) is 36.2 Å². The zero-order chi connectivity index (χ0) is 23.5. The van der Waals surface area contributed by atoms with Gasteiger partial charge in [-0.1, -0.05) is 66.4 Å². The van der Waals surface area contributed by atoms with Crippen LogP contribution in [0.4, 0.5) is 11.4 Å². The summed E-state index contributed by atoms with van der Waals surface area (Å²) >= 11 is 1.61. The average molecular weight is 473 g/mol. The van der Waals surface area contributed by atoms with Gasteiger partial charge in [-0.2, -0.15) is 0 Å². The van der Waals surface area contributed by atoms with Crippen LogP contribution in [0.3, 0.4) is 0 Å². The Bertz CT molecular complexity index is 1180. The molecule has 2 aliphatic rings. The van der Waals surface area contributed by atoms with Crippen molar-refractivity contribution in [3.8, 4) is 0 Å². The summed E-state index contributed by atoms with van der Waals surface area (Å²) in [7, 11) is 0. The maximum absolute atomic E-state index is 13.2. The average Bonchev–Trinajstić information content (AvgIpc) is 3.25. The van der Waals surface area contributed by atoms with Crippen molar-refractivity contribution >= 4 is 40.9 Å². The Morgan fingerprint density at radius 2 is 1.50 bits per heavy atom. The Labute approximate surface area is 202 Å². The van der Waals surface area contributed by atoms with Crippen molar-refractivity contribution in [3.63, 3.8) is 0 Å². The molecule has 2 heterocycles. The van der Waals surface area contributed by atoms with Gasteiger partial charge in [0.15, 0.2) is 6.61 Å². The molecule has 0 radical (unpaired) electrons. The zero-order valence-electron chi connectivity index (χ0n) is 18.6. The third kappa shape index (κ3) is 4.56. The SMILES string of the molecule is O=C(OCC(=O)N1c2ccccc2Sc2ccccc21)[C@@H]1CC(=O)N(CCc2ccccc2)C1. The molecule has 5 rings (SSSR count). The number of esters is 1. The molecule has 0 aliphatic carbocycles. The maximum Gasteiger partial charge on any atom is 0.311 e. The van der Waals surface area contributed by atoms with Gasteiger partial charge in [0.1, 0.15) is 0 Å². The summed E-state index contributed by atoms with van der Waals surface area (Å²) in [5.74, 6) is -1.43. The van der Waals surface area contributed by atoms with E-state index in [2.05, 4.69) is 0 Å². The normalized spacial score (nSPS) is 16.7. The summed E-state index contributed by atoms with van der Waals surface area (Å²) < 4.78 is 5.41. The number of amides is 2. The van der Waals surface area contributed by atoms with Crippen LogP contribution < -0.4 is 4.90 Å². The number of fused-ring (bicyclic) bond motifs is 2. The number of nitrogens with zero attached hydrogens (tertiary/aromatic N) is 2. The van der Waals surface area contributed by atoms with Crippen LogP contribution in [-0.2, 0) is 25.5 Å². The van der Waals surface area contributed by atoms with Crippen molar-refractivity contribution < 1.29 is 19.1 Å². The fraction of sp³-hybridized carbons (Fsp3) is 0.222. The van der Waals surface area contributed by atoms with E-state index in [9.17, 15) is 14.4 Å². The van der Waals surface area contributed by atoms with Gasteiger partial charge in [0, 0.05) is 29.3 Å². The summed E-state index contributed by atoms with van der Waals surface area (Å²) in [5.41, 5.74) is 2.69. The van der Waals surface area contributed by atoms with E-state index in [0.29, 0.717) is 13.1 Å². The number of hydrogen-bond acceptors (Lipinski definition) is 5. The molecule has 1 saturated heterocycles.